The minimum Gasteiger partial charge on any atom is -0.369 e. The number of hydrazone groups is 1. The van der Waals surface area contributed by atoms with E-state index in [9.17, 15) is 4.79 Å². The zero-order valence-electron chi connectivity index (χ0n) is 14.1. The molecule has 2 aliphatic rings. The van der Waals surface area contributed by atoms with Crippen molar-refractivity contribution in [1.82, 2.24) is 5.43 Å². The van der Waals surface area contributed by atoms with Gasteiger partial charge >= 0.3 is 0 Å². The van der Waals surface area contributed by atoms with E-state index in [4.69, 9.17) is 11.5 Å². The third-order valence-corrected chi connectivity index (χ3v) is 4.25. The highest BCUT2D eigenvalue weighted by Gasteiger charge is 2.42. The minimum absolute atomic E-state index is 0.159. The maximum Gasteiger partial charge on any atom is 0.249 e. The lowest BCUT2D eigenvalue weighted by atomic mass is 9.77. The Hall–Kier alpha value is -2.56. The number of guanidine groups is 1. The van der Waals surface area contributed by atoms with Crippen LogP contribution in [0.2, 0.25) is 0 Å². The van der Waals surface area contributed by atoms with E-state index < -0.39 is 5.41 Å². The van der Waals surface area contributed by atoms with E-state index in [1.54, 1.807) is 0 Å². The largest absolute Gasteiger partial charge is 0.369 e. The molecule has 0 saturated carbocycles. The van der Waals surface area contributed by atoms with Crippen LogP contribution in [0, 0.1) is 10.8 Å². The molecule has 5 nitrogen and oxygen atoms in total. The maximum absolute atomic E-state index is 12.4. The summed E-state index contributed by atoms with van der Waals surface area (Å²) in [4.78, 5) is 12.4. The smallest absolute Gasteiger partial charge is 0.249 e. The van der Waals surface area contributed by atoms with Gasteiger partial charge in [-0.3, -0.25) is 4.79 Å². The van der Waals surface area contributed by atoms with E-state index in [1.807, 2.05) is 13.0 Å². The van der Waals surface area contributed by atoms with Gasteiger partial charge in [0.05, 0.1) is 5.41 Å². The average Bonchev–Trinajstić information content (AvgIpc) is 2.87. The molecule has 0 aromatic carbocycles. The number of allylic oxidation sites excluding steroid dienone is 9. The van der Waals surface area contributed by atoms with Gasteiger partial charge in [0.25, 0.3) is 0 Å². The Balaban J connectivity index is 2.18. The Morgan fingerprint density at radius 1 is 0.917 bits per heavy atom. The van der Waals surface area contributed by atoms with E-state index in [-0.39, 0.29) is 17.3 Å². The van der Waals surface area contributed by atoms with Crippen molar-refractivity contribution >= 4 is 11.9 Å². The van der Waals surface area contributed by atoms with Crippen molar-refractivity contribution in [3.8, 4) is 0 Å². The van der Waals surface area contributed by atoms with Gasteiger partial charge in [0, 0.05) is 5.41 Å². The Morgan fingerprint density at radius 3 is 2.00 bits per heavy atom. The highest BCUT2D eigenvalue weighted by Crippen LogP contribution is 2.46. The molecule has 0 bridgehead atoms. The van der Waals surface area contributed by atoms with Gasteiger partial charge < -0.3 is 11.5 Å². The van der Waals surface area contributed by atoms with Crippen LogP contribution in [0.1, 0.15) is 32.6 Å². The van der Waals surface area contributed by atoms with E-state index >= 15 is 0 Å². The molecule has 2 aliphatic carbocycles. The topological polar surface area (TPSA) is 93.5 Å². The zero-order chi connectivity index (χ0) is 17.5. The molecule has 1 spiro atoms. The average molecular weight is 326 g/mol. The zero-order valence-corrected chi connectivity index (χ0v) is 14.1. The molecule has 1 amide bonds. The van der Waals surface area contributed by atoms with Crippen LogP contribution in [0.15, 0.2) is 65.9 Å². The van der Waals surface area contributed by atoms with Crippen LogP contribution in [0.4, 0.5) is 0 Å². The number of nitrogens with two attached hydrogens (primary N) is 2. The van der Waals surface area contributed by atoms with E-state index in [1.165, 1.54) is 0 Å². The van der Waals surface area contributed by atoms with Crippen LogP contribution in [-0.4, -0.2) is 11.9 Å². The molecule has 0 saturated heterocycles. The monoisotopic (exact) mass is 326 g/mol. The summed E-state index contributed by atoms with van der Waals surface area (Å²) in [6, 6.07) is 0. The number of nitrogens with zero attached hydrogens (tertiary/aromatic N) is 1. The molecule has 5 heteroatoms. The summed E-state index contributed by atoms with van der Waals surface area (Å²) >= 11 is 0. The van der Waals surface area contributed by atoms with E-state index in [0.29, 0.717) is 6.42 Å². The number of carbonyl (C=O) groups excluding carboxylic acids is 1. The molecule has 2 rings (SSSR count). The third kappa shape index (κ3) is 4.72. The van der Waals surface area contributed by atoms with Gasteiger partial charge in [-0.25, -0.2) is 5.43 Å². The lowest BCUT2D eigenvalue weighted by Crippen LogP contribution is -2.37. The number of carbonyl (C=O) groups is 1. The van der Waals surface area contributed by atoms with Crippen LogP contribution in [-0.2, 0) is 4.79 Å². The van der Waals surface area contributed by atoms with Gasteiger partial charge in [-0.1, -0.05) is 60.8 Å². The highest BCUT2D eigenvalue weighted by molar-refractivity contribution is 5.86. The van der Waals surface area contributed by atoms with E-state index in [2.05, 4.69) is 65.2 Å². The first kappa shape index (κ1) is 17.8. The van der Waals surface area contributed by atoms with Crippen LogP contribution in [0.25, 0.3) is 0 Å². The van der Waals surface area contributed by atoms with Crippen molar-refractivity contribution < 1.29 is 4.79 Å². The van der Waals surface area contributed by atoms with Crippen LogP contribution in [0.3, 0.4) is 0 Å². The quantitative estimate of drug-likeness (QED) is 0.315. The van der Waals surface area contributed by atoms with Crippen molar-refractivity contribution in [2.24, 2.45) is 27.4 Å². The van der Waals surface area contributed by atoms with Gasteiger partial charge in [0.2, 0.25) is 11.9 Å². The Labute approximate surface area is 143 Å². The minimum atomic E-state index is -0.656. The molecular formula is C19H26N4O. The lowest BCUT2D eigenvalue weighted by molar-refractivity contribution is -0.128. The Kier molecular flexibility index (Phi) is 5.79. The van der Waals surface area contributed by atoms with Gasteiger partial charge in [-0.15, -0.1) is 5.10 Å². The summed E-state index contributed by atoms with van der Waals surface area (Å²) in [5, 5.41) is 3.62. The summed E-state index contributed by atoms with van der Waals surface area (Å²) in [5.74, 6) is -0.371. The molecule has 2 atom stereocenters. The molecule has 0 aromatic heterocycles. The van der Waals surface area contributed by atoms with Gasteiger partial charge in [-0.05, 0) is 32.6 Å². The Bertz CT molecular complexity index is 612. The third-order valence-electron chi connectivity index (χ3n) is 4.25. The molecule has 0 heterocycles. The standard InChI is InChI=1S/C19H26N4O/c1-18(16(24)22-23-17(20)21)13-14-19(15-18)11-9-7-5-3-2-4-6-8-10-12-19/h3-6,9-14H,2,7-8,15H2,1H3,(H,22,24)(H4,20,21,23)/b5-3-,6-4-,11-9-,12-10?. The van der Waals surface area contributed by atoms with Crippen LogP contribution < -0.4 is 16.9 Å². The predicted molar refractivity (Wildman–Crippen MR) is 98.7 cm³/mol. The van der Waals surface area contributed by atoms with Gasteiger partial charge in [0.15, 0.2) is 0 Å². The van der Waals surface area contributed by atoms with Gasteiger partial charge in [-0.2, -0.15) is 0 Å². The van der Waals surface area contributed by atoms with Crippen LogP contribution >= 0.6 is 0 Å². The number of hydrogen-bond donors (Lipinski definition) is 3. The highest BCUT2D eigenvalue weighted by atomic mass is 16.2. The van der Waals surface area contributed by atoms with Crippen molar-refractivity contribution in [1.29, 1.82) is 0 Å². The summed E-state index contributed by atoms with van der Waals surface area (Å²) < 4.78 is 0. The maximum atomic E-state index is 12.4. The molecule has 128 valence electrons. The summed E-state index contributed by atoms with van der Waals surface area (Å²) in [5.41, 5.74) is 12.1. The first-order valence-electron chi connectivity index (χ1n) is 8.21. The molecule has 5 N–H and O–H groups in total. The number of amides is 1. The molecular weight excluding hydrogens is 300 g/mol. The fourth-order valence-electron chi connectivity index (χ4n) is 2.97. The van der Waals surface area contributed by atoms with Crippen molar-refractivity contribution in [3.05, 3.63) is 60.8 Å². The first-order chi connectivity index (χ1) is 11.5. The summed E-state index contributed by atoms with van der Waals surface area (Å²) in [6.45, 7) is 1.90. The Morgan fingerprint density at radius 2 is 1.46 bits per heavy atom. The fraction of sp³-hybridized carbons (Fsp3) is 0.368. The fourth-order valence-corrected chi connectivity index (χ4v) is 2.97. The van der Waals surface area contributed by atoms with E-state index in [0.717, 1.165) is 19.3 Å². The molecule has 24 heavy (non-hydrogen) atoms. The number of hydrogen-bond acceptors (Lipinski definition) is 2. The second-order valence-corrected chi connectivity index (χ2v) is 6.47. The van der Waals surface area contributed by atoms with Crippen LogP contribution in [0.5, 0.6) is 0 Å². The molecule has 0 fully saturated rings. The number of nitrogens with one attached hydrogen (secondary N) is 1. The molecule has 0 aliphatic heterocycles. The normalized spacial score (nSPS) is 33.2. The lowest BCUT2D eigenvalue weighted by Gasteiger charge is -2.26. The molecule has 0 aromatic rings. The molecule has 0 radical (unpaired) electrons. The molecule has 2 unspecified atom stereocenters. The SMILES string of the molecule is CC1(C(=O)NN=C(N)N)C=CC2(C=CC/C=C\C/C=C\C/C=C\2)C1. The summed E-state index contributed by atoms with van der Waals surface area (Å²) in [7, 11) is 0. The van der Waals surface area contributed by atoms with Gasteiger partial charge in [0.1, 0.15) is 0 Å². The van der Waals surface area contributed by atoms with Crippen molar-refractivity contribution in [2.45, 2.75) is 32.6 Å². The second-order valence-electron chi connectivity index (χ2n) is 6.47. The van der Waals surface area contributed by atoms with Crippen molar-refractivity contribution in [3.63, 3.8) is 0 Å². The second kappa shape index (κ2) is 7.81. The number of rotatable bonds is 2. The summed E-state index contributed by atoms with van der Waals surface area (Å²) in [6.07, 6.45) is 24.7. The van der Waals surface area contributed by atoms with Crippen molar-refractivity contribution in [2.75, 3.05) is 0 Å². The predicted octanol–water partition coefficient (Wildman–Crippen LogP) is 2.65. The first-order valence-corrected chi connectivity index (χ1v) is 8.21.